The zero-order chi connectivity index (χ0) is 16.4. The highest BCUT2D eigenvalue weighted by molar-refractivity contribution is 7.89. The van der Waals surface area contributed by atoms with Gasteiger partial charge in [0.25, 0.3) is 0 Å². The van der Waals surface area contributed by atoms with Crippen LogP contribution in [0.3, 0.4) is 0 Å². The summed E-state index contributed by atoms with van der Waals surface area (Å²) in [6, 6.07) is 4.59. The third-order valence-electron chi connectivity index (χ3n) is 3.08. The molecular weight excluding hydrogens is 359 g/mol. The summed E-state index contributed by atoms with van der Waals surface area (Å²) < 4.78 is 62.3. The number of halogens is 4. The molecule has 2 N–H and O–H groups in total. The van der Waals surface area contributed by atoms with Gasteiger partial charge >= 0.3 is 12.1 Å². The quantitative estimate of drug-likeness (QED) is 0.834. The topological polar surface area (TPSA) is 78.5 Å². The number of hydrogen-bond donors (Lipinski definition) is 2. The van der Waals surface area contributed by atoms with E-state index in [9.17, 15) is 26.4 Å². The minimum Gasteiger partial charge on any atom is -0.318 e. The average Bonchev–Trinajstić information content (AvgIpc) is 2.48. The summed E-state index contributed by atoms with van der Waals surface area (Å²) >= 11 is 0. The summed E-state index contributed by atoms with van der Waals surface area (Å²) in [5.74, 6) is -2.11. The highest BCUT2D eigenvalue weighted by Gasteiger charge is 2.38. The molecule has 0 unspecified atom stereocenters. The van der Waals surface area contributed by atoms with Gasteiger partial charge in [-0.05, 0) is 24.3 Å². The van der Waals surface area contributed by atoms with Gasteiger partial charge in [0, 0.05) is 31.9 Å². The second-order valence-electron chi connectivity index (χ2n) is 4.63. The van der Waals surface area contributed by atoms with Gasteiger partial charge in [0.1, 0.15) is 0 Å². The lowest BCUT2D eigenvalue weighted by Gasteiger charge is -2.26. The third kappa shape index (κ3) is 4.80. The Bertz CT molecular complexity index is 644. The first-order valence-corrected chi connectivity index (χ1v) is 7.84. The Balaban J connectivity index is 0.00000264. The number of hydrogen-bond acceptors (Lipinski definition) is 4. The van der Waals surface area contributed by atoms with Crippen molar-refractivity contribution in [1.82, 2.24) is 9.62 Å². The molecule has 0 saturated carbocycles. The highest BCUT2D eigenvalue weighted by atomic mass is 35.5. The van der Waals surface area contributed by atoms with Crippen molar-refractivity contribution in [2.75, 3.05) is 31.5 Å². The predicted octanol–water partition coefficient (Wildman–Crippen LogP) is 1.20. The van der Waals surface area contributed by atoms with Gasteiger partial charge in [-0.2, -0.15) is 17.5 Å². The van der Waals surface area contributed by atoms with Crippen molar-refractivity contribution in [3.63, 3.8) is 0 Å². The Labute approximate surface area is 137 Å². The number of piperazine rings is 1. The molecule has 1 amide bonds. The summed E-state index contributed by atoms with van der Waals surface area (Å²) in [7, 11) is -3.68. The number of anilines is 1. The van der Waals surface area contributed by atoms with Crippen LogP contribution in [0.4, 0.5) is 18.9 Å². The Hall–Kier alpha value is -1.36. The lowest BCUT2D eigenvalue weighted by molar-refractivity contribution is -0.167. The molecule has 2 rings (SSSR count). The molecule has 0 aromatic heterocycles. The van der Waals surface area contributed by atoms with E-state index >= 15 is 0 Å². The van der Waals surface area contributed by atoms with Crippen LogP contribution in [0.25, 0.3) is 0 Å². The Morgan fingerprint density at radius 2 is 1.65 bits per heavy atom. The van der Waals surface area contributed by atoms with Crippen molar-refractivity contribution in [2.24, 2.45) is 0 Å². The van der Waals surface area contributed by atoms with Crippen LogP contribution in [0.15, 0.2) is 29.2 Å². The Morgan fingerprint density at radius 1 is 1.13 bits per heavy atom. The van der Waals surface area contributed by atoms with Crippen LogP contribution in [0.5, 0.6) is 0 Å². The van der Waals surface area contributed by atoms with Gasteiger partial charge < -0.3 is 10.6 Å². The first-order chi connectivity index (χ1) is 10.2. The highest BCUT2D eigenvalue weighted by Crippen LogP contribution is 2.21. The smallest absolute Gasteiger partial charge is 0.318 e. The summed E-state index contributed by atoms with van der Waals surface area (Å²) in [5.41, 5.74) is -0.124. The van der Waals surface area contributed by atoms with Gasteiger partial charge in [-0.25, -0.2) is 8.42 Å². The van der Waals surface area contributed by atoms with Gasteiger partial charge in [-0.1, -0.05) is 0 Å². The van der Waals surface area contributed by atoms with E-state index in [2.05, 4.69) is 5.32 Å². The largest absolute Gasteiger partial charge is 0.471 e. The fourth-order valence-corrected chi connectivity index (χ4v) is 3.39. The number of nitrogens with one attached hydrogen (secondary N) is 2. The van der Waals surface area contributed by atoms with Crippen LogP contribution in [0, 0.1) is 0 Å². The van der Waals surface area contributed by atoms with Crippen LogP contribution in [0.2, 0.25) is 0 Å². The minimum atomic E-state index is -4.99. The number of carbonyl (C=O) groups is 1. The summed E-state index contributed by atoms with van der Waals surface area (Å²) in [6.45, 7) is 1.74. The zero-order valence-electron chi connectivity index (χ0n) is 11.8. The van der Waals surface area contributed by atoms with Gasteiger partial charge in [-0.3, -0.25) is 4.79 Å². The van der Waals surface area contributed by atoms with Crippen LogP contribution < -0.4 is 10.6 Å². The molecule has 11 heteroatoms. The number of sulfonamides is 1. The van der Waals surface area contributed by atoms with E-state index in [0.29, 0.717) is 26.2 Å². The maximum Gasteiger partial charge on any atom is 0.471 e. The molecule has 1 aliphatic rings. The molecule has 6 nitrogen and oxygen atoms in total. The van der Waals surface area contributed by atoms with E-state index in [-0.39, 0.29) is 23.0 Å². The fourth-order valence-electron chi connectivity index (χ4n) is 1.95. The molecule has 1 heterocycles. The van der Waals surface area contributed by atoms with Gasteiger partial charge in [0.05, 0.1) is 4.90 Å². The first-order valence-electron chi connectivity index (χ1n) is 6.40. The summed E-state index contributed by atoms with van der Waals surface area (Å²) in [6.07, 6.45) is -4.99. The molecule has 0 bridgehead atoms. The van der Waals surface area contributed by atoms with E-state index in [1.807, 2.05) is 0 Å². The Morgan fingerprint density at radius 3 is 2.13 bits per heavy atom. The van der Waals surface area contributed by atoms with E-state index < -0.39 is 22.1 Å². The molecule has 0 radical (unpaired) electrons. The second-order valence-corrected chi connectivity index (χ2v) is 6.57. The number of rotatable bonds is 3. The molecule has 130 valence electrons. The van der Waals surface area contributed by atoms with Crippen molar-refractivity contribution in [3.05, 3.63) is 24.3 Å². The van der Waals surface area contributed by atoms with Crippen molar-refractivity contribution < 1.29 is 26.4 Å². The number of amides is 1. The van der Waals surface area contributed by atoms with E-state index in [4.69, 9.17) is 0 Å². The number of alkyl halides is 3. The maximum absolute atomic E-state index is 12.3. The lowest BCUT2D eigenvalue weighted by Crippen LogP contribution is -2.46. The number of benzene rings is 1. The van der Waals surface area contributed by atoms with Crippen LogP contribution >= 0.6 is 12.4 Å². The SMILES string of the molecule is Cl.O=C(Nc1ccc(S(=O)(=O)N2CCNCC2)cc1)C(F)(F)F. The van der Waals surface area contributed by atoms with E-state index in [0.717, 1.165) is 12.1 Å². The van der Waals surface area contributed by atoms with Crippen molar-refractivity contribution in [3.8, 4) is 0 Å². The second kappa shape index (κ2) is 7.47. The molecule has 1 saturated heterocycles. The van der Waals surface area contributed by atoms with Crippen LogP contribution in [-0.4, -0.2) is 51.0 Å². The molecule has 1 aromatic carbocycles. The number of nitrogens with zero attached hydrogens (tertiary/aromatic N) is 1. The monoisotopic (exact) mass is 373 g/mol. The van der Waals surface area contributed by atoms with Crippen molar-refractivity contribution in [1.29, 1.82) is 0 Å². The molecule has 0 aliphatic carbocycles. The molecule has 0 spiro atoms. The fraction of sp³-hybridized carbons (Fsp3) is 0.417. The predicted molar refractivity (Wildman–Crippen MR) is 80.0 cm³/mol. The standard InChI is InChI=1S/C12H14F3N3O3S.ClH/c13-12(14,15)11(19)17-9-1-3-10(4-2-9)22(20,21)18-7-5-16-6-8-18;/h1-4,16H,5-8H2,(H,17,19);1H. The number of carbonyl (C=O) groups excluding carboxylic acids is 1. The van der Waals surface area contributed by atoms with Crippen LogP contribution in [0.1, 0.15) is 0 Å². The molecule has 0 atom stereocenters. The summed E-state index contributed by atoms with van der Waals surface area (Å²) in [5, 5.41) is 4.68. The lowest BCUT2D eigenvalue weighted by atomic mass is 10.3. The first kappa shape index (κ1) is 19.7. The third-order valence-corrected chi connectivity index (χ3v) is 5.00. The minimum absolute atomic E-state index is 0. The van der Waals surface area contributed by atoms with Crippen molar-refractivity contribution >= 4 is 34.0 Å². The average molecular weight is 374 g/mol. The normalized spacial score (nSPS) is 16.5. The molecule has 1 aromatic rings. The molecule has 1 aliphatic heterocycles. The van der Waals surface area contributed by atoms with Crippen molar-refractivity contribution in [2.45, 2.75) is 11.1 Å². The van der Waals surface area contributed by atoms with Gasteiger partial charge in [-0.15, -0.1) is 12.4 Å². The Kier molecular flexibility index (Phi) is 6.40. The molecule has 23 heavy (non-hydrogen) atoms. The van der Waals surface area contributed by atoms with Gasteiger partial charge in [0.2, 0.25) is 10.0 Å². The summed E-state index contributed by atoms with van der Waals surface area (Å²) in [4.78, 5) is 10.8. The van der Waals surface area contributed by atoms with E-state index in [1.165, 1.54) is 16.4 Å². The van der Waals surface area contributed by atoms with Crippen LogP contribution in [-0.2, 0) is 14.8 Å². The molecule has 1 fully saturated rings. The van der Waals surface area contributed by atoms with Gasteiger partial charge in [0.15, 0.2) is 0 Å². The zero-order valence-corrected chi connectivity index (χ0v) is 13.4. The maximum atomic E-state index is 12.3. The molecular formula is C12H15ClF3N3O3S. The van der Waals surface area contributed by atoms with E-state index in [1.54, 1.807) is 5.32 Å².